The minimum absolute atomic E-state index is 0.271. The molecule has 27 heavy (non-hydrogen) atoms. The van der Waals surface area contributed by atoms with Gasteiger partial charge in [0.05, 0.1) is 17.1 Å². The molecule has 2 aromatic carbocycles. The molecule has 0 atom stereocenters. The SMILES string of the molecule is COC1(c2cccc(Sc3ccc(C(C)(C)C#N)c(Cl)c3)c2)CCOCC1. The highest BCUT2D eigenvalue weighted by atomic mass is 35.5. The molecule has 0 aromatic heterocycles. The van der Waals surface area contributed by atoms with Crippen LogP contribution in [0.1, 0.15) is 37.8 Å². The average Bonchev–Trinajstić information content (AvgIpc) is 2.68. The van der Waals surface area contributed by atoms with Gasteiger partial charge in [-0.15, -0.1) is 0 Å². The van der Waals surface area contributed by atoms with Crippen molar-refractivity contribution >= 4 is 23.4 Å². The van der Waals surface area contributed by atoms with E-state index in [1.807, 2.05) is 32.0 Å². The van der Waals surface area contributed by atoms with Crippen LogP contribution in [0.4, 0.5) is 0 Å². The van der Waals surface area contributed by atoms with Gasteiger partial charge < -0.3 is 9.47 Å². The van der Waals surface area contributed by atoms with Crippen molar-refractivity contribution in [2.75, 3.05) is 20.3 Å². The zero-order valence-corrected chi connectivity index (χ0v) is 17.5. The topological polar surface area (TPSA) is 42.2 Å². The van der Waals surface area contributed by atoms with Crippen LogP contribution < -0.4 is 0 Å². The molecule has 5 heteroatoms. The van der Waals surface area contributed by atoms with Crippen LogP contribution in [0.5, 0.6) is 0 Å². The predicted octanol–water partition coefficient (Wildman–Crippen LogP) is 5.94. The Morgan fingerprint density at radius 2 is 1.85 bits per heavy atom. The molecule has 1 saturated heterocycles. The number of hydrogen-bond acceptors (Lipinski definition) is 4. The van der Waals surface area contributed by atoms with Crippen molar-refractivity contribution in [2.45, 2.75) is 47.5 Å². The van der Waals surface area contributed by atoms with E-state index in [1.165, 1.54) is 5.56 Å². The van der Waals surface area contributed by atoms with Gasteiger partial charge in [0.15, 0.2) is 0 Å². The van der Waals surface area contributed by atoms with Gasteiger partial charge in [0.1, 0.15) is 0 Å². The van der Waals surface area contributed by atoms with Crippen LogP contribution in [0.3, 0.4) is 0 Å². The second-order valence-corrected chi connectivity index (χ2v) is 8.87. The molecule has 0 amide bonds. The minimum Gasteiger partial charge on any atom is -0.381 e. The number of nitrogens with zero attached hydrogens (tertiary/aromatic N) is 1. The van der Waals surface area contributed by atoms with Crippen LogP contribution in [0.15, 0.2) is 52.3 Å². The van der Waals surface area contributed by atoms with Crippen molar-refractivity contribution in [2.24, 2.45) is 0 Å². The lowest BCUT2D eigenvalue weighted by Gasteiger charge is -2.36. The van der Waals surface area contributed by atoms with Crippen LogP contribution in [-0.2, 0) is 20.5 Å². The van der Waals surface area contributed by atoms with Gasteiger partial charge in [-0.2, -0.15) is 5.26 Å². The Labute approximate surface area is 170 Å². The first-order valence-electron chi connectivity index (χ1n) is 9.03. The van der Waals surface area contributed by atoms with Gasteiger partial charge in [-0.1, -0.05) is 41.6 Å². The van der Waals surface area contributed by atoms with Crippen molar-refractivity contribution in [3.05, 3.63) is 58.6 Å². The molecule has 3 nitrogen and oxygen atoms in total. The summed E-state index contributed by atoms with van der Waals surface area (Å²) in [5.74, 6) is 0. The summed E-state index contributed by atoms with van der Waals surface area (Å²) in [5.41, 5.74) is 1.17. The van der Waals surface area contributed by atoms with E-state index in [0.29, 0.717) is 5.02 Å². The van der Waals surface area contributed by atoms with Crippen LogP contribution in [0, 0.1) is 11.3 Å². The lowest BCUT2D eigenvalue weighted by molar-refractivity contribution is -0.0948. The molecule has 1 heterocycles. The van der Waals surface area contributed by atoms with Crippen molar-refractivity contribution in [3.63, 3.8) is 0 Å². The smallest absolute Gasteiger partial charge is 0.0971 e. The molecule has 0 saturated carbocycles. The predicted molar refractivity (Wildman–Crippen MR) is 109 cm³/mol. The molecule has 0 spiro atoms. The van der Waals surface area contributed by atoms with Crippen LogP contribution in [0.2, 0.25) is 5.02 Å². The van der Waals surface area contributed by atoms with Gasteiger partial charge in [0.2, 0.25) is 0 Å². The van der Waals surface area contributed by atoms with E-state index in [-0.39, 0.29) is 5.60 Å². The Bertz CT molecular complexity index is 854. The summed E-state index contributed by atoms with van der Waals surface area (Å²) in [6, 6.07) is 16.7. The van der Waals surface area contributed by atoms with E-state index >= 15 is 0 Å². The summed E-state index contributed by atoms with van der Waals surface area (Å²) in [5, 5.41) is 9.97. The van der Waals surface area contributed by atoms with Gasteiger partial charge >= 0.3 is 0 Å². The molecule has 142 valence electrons. The lowest BCUT2D eigenvalue weighted by Crippen LogP contribution is -2.35. The standard InChI is InChI=1S/C22H24ClNO2S/c1-21(2,15-24)19-8-7-18(14-20(19)23)27-17-6-4-5-16(13-17)22(25-3)9-11-26-12-10-22/h4-8,13-14H,9-12H2,1-3H3. The fraction of sp³-hybridized carbons (Fsp3) is 0.409. The molecule has 0 radical (unpaired) electrons. The fourth-order valence-corrected chi connectivity index (χ4v) is 4.82. The first-order chi connectivity index (χ1) is 12.9. The minimum atomic E-state index is -0.603. The summed E-state index contributed by atoms with van der Waals surface area (Å²) in [6.45, 7) is 5.19. The third-order valence-electron chi connectivity index (χ3n) is 5.18. The largest absolute Gasteiger partial charge is 0.381 e. The molecule has 0 unspecified atom stereocenters. The molecular weight excluding hydrogens is 378 g/mol. The zero-order valence-electron chi connectivity index (χ0n) is 15.9. The summed E-state index contributed by atoms with van der Waals surface area (Å²) < 4.78 is 11.4. The molecule has 1 aliphatic heterocycles. The number of nitriles is 1. The van der Waals surface area contributed by atoms with Gasteiger partial charge in [-0.3, -0.25) is 0 Å². The number of rotatable bonds is 5. The Hall–Kier alpha value is -1.51. The van der Waals surface area contributed by atoms with Crippen molar-refractivity contribution in [1.82, 2.24) is 0 Å². The highest BCUT2D eigenvalue weighted by Crippen LogP contribution is 2.39. The summed E-state index contributed by atoms with van der Waals surface area (Å²) in [4.78, 5) is 2.19. The average molecular weight is 402 g/mol. The van der Waals surface area contributed by atoms with Gasteiger partial charge in [0, 0.05) is 48.0 Å². The van der Waals surface area contributed by atoms with E-state index in [9.17, 15) is 5.26 Å². The first-order valence-corrected chi connectivity index (χ1v) is 10.2. The van der Waals surface area contributed by atoms with Crippen LogP contribution in [-0.4, -0.2) is 20.3 Å². The second-order valence-electron chi connectivity index (χ2n) is 7.32. The van der Waals surface area contributed by atoms with E-state index in [1.54, 1.807) is 18.9 Å². The second kappa shape index (κ2) is 8.24. The molecule has 1 fully saturated rings. The van der Waals surface area contributed by atoms with Crippen molar-refractivity contribution in [3.8, 4) is 6.07 Å². The monoisotopic (exact) mass is 401 g/mol. The van der Waals surface area contributed by atoms with E-state index in [0.717, 1.165) is 41.4 Å². The number of halogens is 1. The third-order valence-corrected chi connectivity index (χ3v) is 6.47. The molecular formula is C22H24ClNO2S. The first kappa shape index (κ1) is 20.2. The van der Waals surface area contributed by atoms with Gasteiger partial charge in [-0.25, -0.2) is 0 Å². The fourth-order valence-electron chi connectivity index (χ4n) is 3.42. The Kier molecular flexibility index (Phi) is 6.18. The number of methoxy groups -OCH3 is 1. The maximum absolute atomic E-state index is 9.34. The van der Waals surface area contributed by atoms with Gasteiger partial charge in [0.25, 0.3) is 0 Å². The molecule has 3 rings (SSSR count). The highest BCUT2D eigenvalue weighted by Gasteiger charge is 2.34. The normalized spacial score (nSPS) is 16.7. The summed E-state index contributed by atoms with van der Waals surface area (Å²) >= 11 is 8.12. The van der Waals surface area contributed by atoms with Crippen LogP contribution in [0.25, 0.3) is 0 Å². The molecule has 2 aromatic rings. The van der Waals surface area contributed by atoms with Crippen LogP contribution >= 0.6 is 23.4 Å². The third kappa shape index (κ3) is 4.33. The maximum atomic E-state index is 9.34. The maximum Gasteiger partial charge on any atom is 0.0971 e. The quantitative estimate of drug-likeness (QED) is 0.621. The Morgan fingerprint density at radius 1 is 1.15 bits per heavy atom. The molecule has 0 bridgehead atoms. The van der Waals surface area contributed by atoms with E-state index < -0.39 is 5.41 Å². The van der Waals surface area contributed by atoms with Crippen molar-refractivity contribution in [1.29, 1.82) is 5.26 Å². The summed E-state index contributed by atoms with van der Waals surface area (Å²) in [7, 11) is 1.78. The Morgan fingerprint density at radius 3 is 2.48 bits per heavy atom. The number of hydrogen-bond donors (Lipinski definition) is 0. The lowest BCUT2D eigenvalue weighted by atomic mass is 9.86. The van der Waals surface area contributed by atoms with Crippen molar-refractivity contribution < 1.29 is 9.47 Å². The van der Waals surface area contributed by atoms with E-state index in [4.69, 9.17) is 21.1 Å². The summed E-state index contributed by atoms with van der Waals surface area (Å²) in [6.07, 6.45) is 1.72. The number of benzene rings is 2. The molecule has 0 aliphatic carbocycles. The molecule has 0 N–H and O–H groups in total. The Balaban J connectivity index is 1.85. The highest BCUT2D eigenvalue weighted by molar-refractivity contribution is 7.99. The van der Waals surface area contributed by atoms with Gasteiger partial charge in [-0.05, 0) is 49.2 Å². The molecule has 1 aliphatic rings. The van der Waals surface area contributed by atoms with E-state index in [2.05, 4.69) is 30.3 Å². The number of ether oxygens (including phenoxy) is 2. The zero-order chi connectivity index (χ0) is 19.5.